The van der Waals surface area contributed by atoms with E-state index < -0.39 is 26.0 Å². The van der Waals surface area contributed by atoms with Crippen LogP contribution in [0.1, 0.15) is 0 Å². The highest BCUT2D eigenvalue weighted by Gasteiger charge is 2.48. The van der Waals surface area contributed by atoms with Gasteiger partial charge in [-0.15, -0.1) is 0 Å². The molecule has 1 aromatic carbocycles. The van der Waals surface area contributed by atoms with Gasteiger partial charge in [-0.25, -0.2) is 8.42 Å². The number of halogens is 3. The Labute approximate surface area is 89.7 Å². The quantitative estimate of drug-likeness (QED) is 0.814. The van der Waals surface area contributed by atoms with Gasteiger partial charge < -0.3 is 10.5 Å². The highest BCUT2D eigenvalue weighted by Crippen LogP contribution is 2.36. The first-order valence-corrected chi connectivity index (χ1v) is 5.43. The molecule has 1 aromatic rings. The van der Waals surface area contributed by atoms with Crippen LogP contribution in [-0.2, 0) is 9.84 Å². The molecule has 0 heterocycles. The SMILES string of the molecule is COc1cc(N)ccc1S(=O)(=O)C(F)(F)F. The Morgan fingerprint density at radius 1 is 1.31 bits per heavy atom. The van der Waals surface area contributed by atoms with Crippen molar-refractivity contribution >= 4 is 15.5 Å². The molecule has 0 radical (unpaired) electrons. The smallest absolute Gasteiger partial charge is 0.495 e. The summed E-state index contributed by atoms with van der Waals surface area (Å²) < 4.78 is 63.5. The summed E-state index contributed by atoms with van der Waals surface area (Å²) in [5.74, 6) is -0.433. The Hall–Kier alpha value is -1.44. The summed E-state index contributed by atoms with van der Waals surface area (Å²) in [5.41, 5.74) is 0.0439. The predicted octanol–water partition coefficient (Wildman–Crippen LogP) is 1.57. The van der Waals surface area contributed by atoms with E-state index in [9.17, 15) is 21.6 Å². The summed E-state index contributed by atoms with van der Waals surface area (Å²) in [6.07, 6.45) is 0. The van der Waals surface area contributed by atoms with E-state index >= 15 is 0 Å². The Morgan fingerprint density at radius 3 is 2.31 bits per heavy atom. The van der Waals surface area contributed by atoms with E-state index in [0.717, 1.165) is 25.3 Å². The van der Waals surface area contributed by atoms with Crippen LogP contribution in [0.3, 0.4) is 0 Å². The molecule has 0 aliphatic rings. The van der Waals surface area contributed by atoms with Crippen LogP contribution in [0.2, 0.25) is 0 Å². The Balaban J connectivity index is 3.46. The number of ether oxygens (including phenoxy) is 1. The molecule has 16 heavy (non-hydrogen) atoms. The third-order valence-corrected chi connectivity index (χ3v) is 3.31. The molecule has 0 aliphatic carbocycles. The molecule has 0 saturated heterocycles. The molecule has 0 saturated carbocycles. The largest absolute Gasteiger partial charge is 0.502 e. The molecule has 0 bridgehead atoms. The van der Waals surface area contributed by atoms with Crippen molar-refractivity contribution in [1.82, 2.24) is 0 Å². The number of hydrogen-bond acceptors (Lipinski definition) is 4. The lowest BCUT2D eigenvalue weighted by atomic mass is 10.3. The van der Waals surface area contributed by atoms with Crippen molar-refractivity contribution in [2.75, 3.05) is 12.8 Å². The van der Waals surface area contributed by atoms with Crippen LogP contribution in [-0.4, -0.2) is 21.0 Å². The van der Waals surface area contributed by atoms with Gasteiger partial charge in [-0.2, -0.15) is 13.2 Å². The number of anilines is 1. The van der Waals surface area contributed by atoms with E-state index in [1.165, 1.54) is 0 Å². The molecule has 0 aliphatic heterocycles. The number of benzene rings is 1. The van der Waals surface area contributed by atoms with Gasteiger partial charge in [0.05, 0.1) is 7.11 Å². The van der Waals surface area contributed by atoms with E-state index in [1.807, 2.05) is 0 Å². The number of sulfone groups is 1. The van der Waals surface area contributed by atoms with Crippen molar-refractivity contribution in [2.45, 2.75) is 10.4 Å². The Kier molecular flexibility index (Phi) is 3.04. The van der Waals surface area contributed by atoms with Crippen molar-refractivity contribution in [2.24, 2.45) is 0 Å². The first-order valence-electron chi connectivity index (χ1n) is 3.95. The summed E-state index contributed by atoms with van der Waals surface area (Å²) in [4.78, 5) is -0.948. The fraction of sp³-hybridized carbons (Fsp3) is 0.250. The lowest BCUT2D eigenvalue weighted by Crippen LogP contribution is -2.23. The van der Waals surface area contributed by atoms with Gasteiger partial charge in [0.1, 0.15) is 10.6 Å². The minimum Gasteiger partial charge on any atom is -0.495 e. The second-order valence-electron chi connectivity index (χ2n) is 2.86. The van der Waals surface area contributed by atoms with E-state index in [4.69, 9.17) is 5.73 Å². The van der Waals surface area contributed by atoms with Crippen molar-refractivity contribution in [3.05, 3.63) is 18.2 Å². The number of nitrogens with two attached hydrogens (primary N) is 1. The number of nitrogen functional groups attached to an aromatic ring is 1. The minimum absolute atomic E-state index is 0.109. The number of hydrogen-bond donors (Lipinski definition) is 1. The van der Waals surface area contributed by atoms with Gasteiger partial charge >= 0.3 is 5.51 Å². The fourth-order valence-electron chi connectivity index (χ4n) is 1.03. The molecule has 2 N–H and O–H groups in total. The van der Waals surface area contributed by atoms with E-state index in [1.54, 1.807) is 0 Å². The highest BCUT2D eigenvalue weighted by molar-refractivity contribution is 7.92. The zero-order valence-electron chi connectivity index (χ0n) is 8.08. The summed E-state index contributed by atoms with van der Waals surface area (Å²) in [6, 6.07) is 2.83. The highest BCUT2D eigenvalue weighted by atomic mass is 32.2. The van der Waals surface area contributed by atoms with Crippen LogP contribution in [0.5, 0.6) is 5.75 Å². The van der Waals surface area contributed by atoms with Crippen LogP contribution in [0.25, 0.3) is 0 Å². The minimum atomic E-state index is -5.42. The fourth-order valence-corrected chi connectivity index (χ4v) is 1.93. The summed E-state index contributed by atoms with van der Waals surface area (Å²) >= 11 is 0. The molecule has 0 amide bonds. The lowest BCUT2D eigenvalue weighted by molar-refractivity contribution is -0.0437. The zero-order valence-corrected chi connectivity index (χ0v) is 8.89. The molecule has 0 aromatic heterocycles. The standard InChI is InChI=1S/C8H8F3NO3S/c1-15-6-4-5(12)2-3-7(6)16(13,14)8(9,10)11/h2-4H,12H2,1H3. The van der Waals surface area contributed by atoms with Crippen LogP contribution in [0, 0.1) is 0 Å². The van der Waals surface area contributed by atoms with Gasteiger partial charge in [0.15, 0.2) is 0 Å². The van der Waals surface area contributed by atoms with Crippen LogP contribution >= 0.6 is 0 Å². The van der Waals surface area contributed by atoms with Gasteiger partial charge in [0.25, 0.3) is 9.84 Å². The molecule has 4 nitrogen and oxygen atoms in total. The van der Waals surface area contributed by atoms with Crippen molar-refractivity contribution < 1.29 is 26.3 Å². The normalized spacial score (nSPS) is 12.5. The number of methoxy groups -OCH3 is 1. The number of alkyl halides is 3. The topological polar surface area (TPSA) is 69.4 Å². The third-order valence-electron chi connectivity index (χ3n) is 1.78. The molecule has 0 fully saturated rings. The number of rotatable bonds is 2. The average Bonchev–Trinajstić information content (AvgIpc) is 2.15. The Morgan fingerprint density at radius 2 is 1.88 bits per heavy atom. The van der Waals surface area contributed by atoms with Crippen LogP contribution in [0.4, 0.5) is 18.9 Å². The average molecular weight is 255 g/mol. The molecular formula is C8H8F3NO3S. The predicted molar refractivity (Wildman–Crippen MR) is 50.6 cm³/mol. The summed E-state index contributed by atoms with van der Waals surface area (Å²) in [5, 5.41) is 0. The van der Waals surface area contributed by atoms with Gasteiger partial charge in [-0.1, -0.05) is 0 Å². The van der Waals surface area contributed by atoms with Gasteiger partial charge in [-0.3, -0.25) is 0 Å². The molecule has 1 rings (SSSR count). The summed E-state index contributed by atoms with van der Waals surface area (Å²) in [7, 11) is -4.36. The first-order chi connectivity index (χ1) is 7.20. The van der Waals surface area contributed by atoms with Gasteiger partial charge in [0.2, 0.25) is 0 Å². The van der Waals surface area contributed by atoms with Crippen molar-refractivity contribution in [3.8, 4) is 5.75 Å². The van der Waals surface area contributed by atoms with Crippen LogP contribution in [0.15, 0.2) is 23.1 Å². The molecular weight excluding hydrogens is 247 g/mol. The molecule has 0 atom stereocenters. The maximum absolute atomic E-state index is 12.3. The van der Waals surface area contributed by atoms with Crippen LogP contribution < -0.4 is 10.5 Å². The van der Waals surface area contributed by atoms with Gasteiger partial charge in [0, 0.05) is 11.8 Å². The third kappa shape index (κ3) is 2.06. The lowest BCUT2D eigenvalue weighted by Gasteiger charge is -2.12. The zero-order chi connectivity index (χ0) is 12.6. The van der Waals surface area contributed by atoms with Crippen molar-refractivity contribution in [3.63, 3.8) is 0 Å². The summed E-state index contributed by atoms with van der Waals surface area (Å²) in [6.45, 7) is 0. The second kappa shape index (κ2) is 3.85. The second-order valence-corrected chi connectivity index (χ2v) is 4.77. The molecule has 0 unspecified atom stereocenters. The molecule has 90 valence electrons. The van der Waals surface area contributed by atoms with E-state index in [0.29, 0.717) is 0 Å². The maximum atomic E-state index is 12.3. The van der Waals surface area contributed by atoms with E-state index in [2.05, 4.69) is 4.74 Å². The van der Waals surface area contributed by atoms with E-state index in [-0.39, 0.29) is 5.69 Å². The molecule has 0 spiro atoms. The van der Waals surface area contributed by atoms with Gasteiger partial charge in [-0.05, 0) is 12.1 Å². The maximum Gasteiger partial charge on any atom is 0.502 e. The van der Waals surface area contributed by atoms with Crippen molar-refractivity contribution in [1.29, 1.82) is 0 Å². The first kappa shape index (κ1) is 12.6. The molecule has 8 heteroatoms. The monoisotopic (exact) mass is 255 g/mol. The Bertz CT molecular complexity index is 496.